The molecule has 0 bridgehead atoms. The lowest BCUT2D eigenvalue weighted by Gasteiger charge is -2.10. The Balaban J connectivity index is 2.52. The van der Waals surface area contributed by atoms with E-state index in [9.17, 15) is 4.79 Å². The van der Waals surface area contributed by atoms with Gasteiger partial charge in [0.1, 0.15) is 6.29 Å². The predicted molar refractivity (Wildman–Crippen MR) is 60.7 cm³/mol. The van der Waals surface area contributed by atoms with Gasteiger partial charge in [0, 0.05) is 18.3 Å². The predicted octanol–water partition coefficient (Wildman–Crippen LogP) is 2.98. The maximum atomic E-state index is 10.8. The van der Waals surface area contributed by atoms with E-state index in [1.165, 1.54) is 0 Å². The van der Waals surface area contributed by atoms with Crippen LogP contribution in [-0.2, 0) is 4.79 Å². The average molecular weight is 199 g/mol. The number of hydrogen-bond donors (Lipinski definition) is 1. The second kappa shape index (κ2) is 4.13. The molecule has 0 fully saturated rings. The molecule has 2 rings (SSSR count). The summed E-state index contributed by atoms with van der Waals surface area (Å²) in [6, 6.07) is 10.0. The van der Waals surface area contributed by atoms with Crippen LogP contribution < -0.4 is 0 Å². The normalized spacial score (nSPS) is 12.3. The Bertz CT molecular complexity index is 445. The first-order valence-electron chi connectivity index (χ1n) is 5.00. The number of H-pyrrole nitrogens is 1. The van der Waals surface area contributed by atoms with Gasteiger partial charge in [-0.2, -0.15) is 0 Å². The molecule has 1 atom stereocenters. The topological polar surface area (TPSA) is 32.9 Å². The largest absolute Gasteiger partial charge is 0.367 e. The highest BCUT2D eigenvalue weighted by atomic mass is 16.1. The van der Waals surface area contributed by atoms with Crippen molar-refractivity contribution >= 4 is 6.29 Å². The van der Waals surface area contributed by atoms with Gasteiger partial charge in [-0.1, -0.05) is 31.2 Å². The van der Waals surface area contributed by atoms with Gasteiger partial charge in [-0.25, -0.2) is 0 Å². The van der Waals surface area contributed by atoms with Crippen molar-refractivity contribution in [2.24, 2.45) is 0 Å². The standard InChI is InChI=1S/C13H13NO/c1-10(9-15)12-4-2-3-5-13(12)11-6-7-14-8-11/h2-10,14H,1H3. The van der Waals surface area contributed by atoms with E-state index < -0.39 is 0 Å². The number of rotatable bonds is 3. The Morgan fingerprint density at radius 3 is 2.73 bits per heavy atom. The van der Waals surface area contributed by atoms with Crippen LogP contribution in [0.3, 0.4) is 0 Å². The quantitative estimate of drug-likeness (QED) is 0.757. The lowest BCUT2D eigenvalue weighted by molar-refractivity contribution is -0.108. The van der Waals surface area contributed by atoms with Crippen molar-refractivity contribution in [1.29, 1.82) is 0 Å². The molecule has 0 radical (unpaired) electrons. The molecule has 0 amide bonds. The number of aldehydes is 1. The molecular weight excluding hydrogens is 186 g/mol. The third-order valence-corrected chi connectivity index (χ3v) is 2.56. The van der Waals surface area contributed by atoms with Crippen molar-refractivity contribution in [3.8, 4) is 11.1 Å². The molecule has 0 aliphatic carbocycles. The molecule has 0 spiro atoms. The van der Waals surface area contributed by atoms with E-state index in [4.69, 9.17) is 0 Å². The molecule has 1 N–H and O–H groups in total. The van der Waals surface area contributed by atoms with Crippen molar-refractivity contribution in [3.05, 3.63) is 48.3 Å². The van der Waals surface area contributed by atoms with Gasteiger partial charge in [0.05, 0.1) is 0 Å². The number of carbonyl (C=O) groups excluding carboxylic acids is 1. The van der Waals surface area contributed by atoms with Gasteiger partial charge >= 0.3 is 0 Å². The SMILES string of the molecule is CC(C=O)c1ccccc1-c1cc[nH]c1. The molecule has 2 nitrogen and oxygen atoms in total. The summed E-state index contributed by atoms with van der Waals surface area (Å²) in [7, 11) is 0. The van der Waals surface area contributed by atoms with Crippen LogP contribution in [0.5, 0.6) is 0 Å². The van der Waals surface area contributed by atoms with Gasteiger partial charge in [-0.05, 0) is 22.8 Å². The van der Waals surface area contributed by atoms with E-state index in [2.05, 4.69) is 4.98 Å². The Labute approximate surface area is 89.0 Å². The highest BCUT2D eigenvalue weighted by molar-refractivity contribution is 5.73. The van der Waals surface area contributed by atoms with Crippen LogP contribution in [0.25, 0.3) is 11.1 Å². The first kappa shape index (κ1) is 9.71. The molecule has 1 aromatic carbocycles. The van der Waals surface area contributed by atoms with Crippen molar-refractivity contribution in [2.45, 2.75) is 12.8 Å². The molecule has 2 aromatic rings. The van der Waals surface area contributed by atoms with E-state index in [1.807, 2.05) is 49.6 Å². The summed E-state index contributed by atoms with van der Waals surface area (Å²) in [5.41, 5.74) is 3.32. The van der Waals surface area contributed by atoms with Crippen molar-refractivity contribution in [2.75, 3.05) is 0 Å². The Morgan fingerprint density at radius 2 is 2.07 bits per heavy atom. The van der Waals surface area contributed by atoms with Crippen LogP contribution in [0.15, 0.2) is 42.7 Å². The van der Waals surface area contributed by atoms with E-state index in [0.717, 1.165) is 23.0 Å². The van der Waals surface area contributed by atoms with Gasteiger partial charge in [0.15, 0.2) is 0 Å². The smallest absolute Gasteiger partial charge is 0.127 e. The third kappa shape index (κ3) is 1.84. The van der Waals surface area contributed by atoms with E-state index in [0.29, 0.717) is 0 Å². The highest BCUT2D eigenvalue weighted by Crippen LogP contribution is 2.27. The number of benzene rings is 1. The molecule has 1 heterocycles. The van der Waals surface area contributed by atoms with Crippen LogP contribution in [-0.4, -0.2) is 11.3 Å². The first-order valence-corrected chi connectivity index (χ1v) is 5.00. The Kier molecular flexibility index (Phi) is 2.68. The molecule has 1 unspecified atom stereocenters. The zero-order chi connectivity index (χ0) is 10.7. The number of aromatic amines is 1. The van der Waals surface area contributed by atoms with Crippen molar-refractivity contribution in [3.63, 3.8) is 0 Å². The second-order valence-electron chi connectivity index (χ2n) is 3.61. The molecular formula is C13H13NO. The van der Waals surface area contributed by atoms with Gasteiger partial charge in [-0.3, -0.25) is 0 Å². The van der Waals surface area contributed by atoms with Gasteiger partial charge in [-0.15, -0.1) is 0 Å². The average Bonchev–Trinajstić information content (AvgIpc) is 2.81. The fraction of sp³-hybridized carbons (Fsp3) is 0.154. The molecule has 2 heteroatoms. The Hall–Kier alpha value is -1.83. The fourth-order valence-corrected chi connectivity index (χ4v) is 1.72. The van der Waals surface area contributed by atoms with E-state index in [1.54, 1.807) is 0 Å². The second-order valence-corrected chi connectivity index (χ2v) is 3.61. The number of aromatic nitrogens is 1. The summed E-state index contributed by atoms with van der Waals surface area (Å²) in [5, 5.41) is 0. The molecule has 0 saturated heterocycles. The summed E-state index contributed by atoms with van der Waals surface area (Å²) in [6.45, 7) is 1.92. The van der Waals surface area contributed by atoms with E-state index >= 15 is 0 Å². The summed E-state index contributed by atoms with van der Waals surface area (Å²) in [6.07, 6.45) is 4.81. The molecule has 1 aromatic heterocycles. The van der Waals surface area contributed by atoms with Crippen LogP contribution in [0.1, 0.15) is 18.4 Å². The van der Waals surface area contributed by atoms with E-state index in [-0.39, 0.29) is 5.92 Å². The maximum Gasteiger partial charge on any atom is 0.127 e. The van der Waals surface area contributed by atoms with Crippen LogP contribution in [0, 0.1) is 0 Å². The monoisotopic (exact) mass is 199 g/mol. The van der Waals surface area contributed by atoms with Gasteiger partial charge in [0.2, 0.25) is 0 Å². The van der Waals surface area contributed by atoms with Crippen molar-refractivity contribution < 1.29 is 4.79 Å². The molecule has 0 saturated carbocycles. The van der Waals surface area contributed by atoms with Crippen LogP contribution in [0.4, 0.5) is 0 Å². The van der Waals surface area contributed by atoms with Crippen molar-refractivity contribution in [1.82, 2.24) is 4.98 Å². The molecule has 15 heavy (non-hydrogen) atoms. The minimum atomic E-state index is -0.0592. The van der Waals surface area contributed by atoms with Gasteiger partial charge in [0.25, 0.3) is 0 Å². The van der Waals surface area contributed by atoms with Gasteiger partial charge < -0.3 is 9.78 Å². The minimum Gasteiger partial charge on any atom is -0.367 e. The number of carbonyl (C=O) groups is 1. The number of hydrogen-bond acceptors (Lipinski definition) is 1. The maximum absolute atomic E-state index is 10.8. The lowest BCUT2D eigenvalue weighted by atomic mass is 9.94. The summed E-state index contributed by atoms with van der Waals surface area (Å²) >= 11 is 0. The first-order chi connectivity index (χ1) is 7.33. The highest BCUT2D eigenvalue weighted by Gasteiger charge is 2.10. The summed E-state index contributed by atoms with van der Waals surface area (Å²) in [5.74, 6) is -0.0592. The fourth-order valence-electron chi connectivity index (χ4n) is 1.72. The zero-order valence-corrected chi connectivity index (χ0v) is 8.60. The third-order valence-electron chi connectivity index (χ3n) is 2.56. The minimum absolute atomic E-state index is 0.0592. The molecule has 0 aliphatic rings. The number of nitrogens with one attached hydrogen (secondary N) is 1. The molecule has 76 valence electrons. The zero-order valence-electron chi connectivity index (χ0n) is 8.60. The molecule has 0 aliphatic heterocycles. The summed E-state index contributed by atoms with van der Waals surface area (Å²) < 4.78 is 0. The summed E-state index contributed by atoms with van der Waals surface area (Å²) in [4.78, 5) is 13.8. The Morgan fingerprint density at radius 1 is 1.27 bits per heavy atom. The van der Waals surface area contributed by atoms with Crippen LogP contribution in [0.2, 0.25) is 0 Å². The van der Waals surface area contributed by atoms with Crippen LogP contribution >= 0.6 is 0 Å². The lowest BCUT2D eigenvalue weighted by Crippen LogP contribution is -1.96.